The van der Waals surface area contributed by atoms with Gasteiger partial charge in [0.15, 0.2) is 6.10 Å². The van der Waals surface area contributed by atoms with Gasteiger partial charge in [0.2, 0.25) is 0 Å². The molecule has 0 aromatic rings. The fourth-order valence-corrected chi connectivity index (χ4v) is 8.68. The molecular formula is C58H110O6. The number of carbonyl (C=O) groups is 3. The fraction of sp³-hybridized carbons (Fsp3) is 0.914. The molecule has 0 amide bonds. The third kappa shape index (κ3) is 51.1. The Morgan fingerprint density at radius 3 is 0.781 bits per heavy atom. The Bertz CT molecular complexity index is 993. The number of ether oxygens (including phenoxy) is 3. The minimum absolute atomic E-state index is 0.0677. The van der Waals surface area contributed by atoms with E-state index in [0.717, 1.165) is 64.2 Å². The number of carbonyl (C=O) groups excluding carboxylic acids is 3. The van der Waals surface area contributed by atoms with Crippen molar-refractivity contribution in [2.75, 3.05) is 13.2 Å². The van der Waals surface area contributed by atoms with Crippen molar-refractivity contribution in [3.63, 3.8) is 0 Å². The molecule has 0 aliphatic rings. The molecule has 0 N–H and O–H groups in total. The molecule has 0 radical (unpaired) electrons. The van der Waals surface area contributed by atoms with Gasteiger partial charge in [0.25, 0.3) is 0 Å². The highest BCUT2D eigenvalue weighted by Crippen LogP contribution is 2.17. The summed E-state index contributed by atoms with van der Waals surface area (Å²) in [6.07, 6.45) is 60.7. The molecule has 0 bridgehead atoms. The Hall–Kier alpha value is -1.85. The Morgan fingerprint density at radius 1 is 0.297 bits per heavy atom. The van der Waals surface area contributed by atoms with E-state index in [2.05, 4.69) is 32.9 Å². The quantitative estimate of drug-likeness (QED) is 0.0262. The van der Waals surface area contributed by atoms with Gasteiger partial charge in [-0.25, -0.2) is 0 Å². The molecule has 0 aliphatic heterocycles. The van der Waals surface area contributed by atoms with Gasteiger partial charge in [-0.15, -0.1) is 0 Å². The van der Waals surface area contributed by atoms with Gasteiger partial charge in [0.05, 0.1) is 0 Å². The fourth-order valence-electron chi connectivity index (χ4n) is 8.68. The van der Waals surface area contributed by atoms with Crippen LogP contribution in [0.1, 0.15) is 323 Å². The van der Waals surface area contributed by atoms with Crippen LogP contribution in [0.3, 0.4) is 0 Å². The third-order valence-corrected chi connectivity index (χ3v) is 13.0. The van der Waals surface area contributed by atoms with E-state index >= 15 is 0 Å². The zero-order chi connectivity index (χ0) is 46.5. The second-order valence-corrected chi connectivity index (χ2v) is 19.6. The topological polar surface area (TPSA) is 78.9 Å². The molecule has 378 valence electrons. The SMILES string of the molecule is CCCCCCCC/C=C\CCCCCCCC(=O)OC(COC(=O)CCCCCCCCCCCC)COC(=O)CCCCCCCCCCCCCCCCCCCCCCC. The first-order valence-corrected chi connectivity index (χ1v) is 28.7. The molecule has 64 heavy (non-hydrogen) atoms. The second-order valence-electron chi connectivity index (χ2n) is 19.6. The first kappa shape index (κ1) is 62.1. The highest BCUT2D eigenvalue weighted by molar-refractivity contribution is 5.71. The summed E-state index contributed by atoms with van der Waals surface area (Å²) in [6, 6.07) is 0. The molecule has 0 aliphatic carbocycles. The molecule has 0 heterocycles. The van der Waals surface area contributed by atoms with E-state index in [1.165, 1.54) is 218 Å². The van der Waals surface area contributed by atoms with E-state index in [1.54, 1.807) is 0 Å². The maximum atomic E-state index is 12.8. The van der Waals surface area contributed by atoms with Crippen molar-refractivity contribution in [3.05, 3.63) is 12.2 Å². The van der Waals surface area contributed by atoms with Crippen LogP contribution in [0.2, 0.25) is 0 Å². The van der Waals surface area contributed by atoms with Crippen molar-refractivity contribution in [3.8, 4) is 0 Å². The first-order chi connectivity index (χ1) is 31.5. The summed E-state index contributed by atoms with van der Waals surface area (Å²) < 4.78 is 16.8. The maximum absolute atomic E-state index is 12.8. The van der Waals surface area contributed by atoms with E-state index in [-0.39, 0.29) is 31.1 Å². The molecule has 6 nitrogen and oxygen atoms in total. The highest BCUT2D eigenvalue weighted by atomic mass is 16.6. The summed E-state index contributed by atoms with van der Waals surface area (Å²) in [6.45, 7) is 6.67. The Labute approximate surface area is 399 Å². The average molecular weight is 904 g/mol. The molecule has 0 saturated carbocycles. The van der Waals surface area contributed by atoms with E-state index < -0.39 is 6.10 Å². The average Bonchev–Trinajstić information content (AvgIpc) is 3.29. The van der Waals surface area contributed by atoms with Crippen molar-refractivity contribution in [1.82, 2.24) is 0 Å². The molecule has 1 atom stereocenters. The molecule has 0 saturated heterocycles. The monoisotopic (exact) mass is 903 g/mol. The standard InChI is InChI=1S/C58H110O6/c1-4-7-10-13-16-19-22-24-26-27-28-29-30-31-33-34-36-39-42-45-48-51-57(60)63-54-55(53-62-56(59)50-47-44-41-38-21-18-15-12-9-6-3)64-58(61)52-49-46-43-40-37-35-32-25-23-20-17-14-11-8-5-2/h25,32,55H,4-24,26-31,33-54H2,1-3H3/b32-25-. The van der Waals surface area contributed by atoms with Gasteiger partial charge >= 0.3 is 17.9 Å². The van der Waals surface area contributed by atoms with Gasteiger partial charge in [-0.1, -0.05) is 270 Å². The molecule has 0 spiro atoms. The van der Waals surface area contributed by atoms with Gasteiger partial charge in [-0.05, 0) is 44.9 Å². The van der Waals surface area contributed by atoms with Crippen molar-refractivity contribution in [1.29, 1.82) is 0 Å². The van der Waals surface area contributed by atoms with Crippen molar-refractivity contribution in [2.24, 2.45) is 0 Å². The van der Waals surface area contributed by atoms with Crippen molar-refractivity contribution >= 4 is 17.9 Å². The number of hydrogen-bond acceptors (Lipinski definition) is 6. The number of hydrogen-bond donors (Lipinski definition) is 0. The van der Waals surface area contributed by atoms with E-state index in [9.17, 15) is 14.4 Å². The van der Waals surface area contributed by atoms with E-state index in [1.807, 2.05) is 0 Å². The van der Waals surface area contributed by atoms with Crippen LogP contribution in [0.5, 0.6) is 0 Å². The third-order valence-electron chi connectivity index (χ3n) is 13.0. The Morgan fingerprint density at radius 2 is 0.516 bits per heavy atom. The Kier molecular flexibility index (Phi) is 52.2. The largest absolute Gasteiger partial charge is 0.462 e. The summed E-state index contributed by atoms with van der Waals surface area (Å²) in [5, 5.41) is 0. The minimum atomic E-state index is -0.768. The van der Waals surface area contributed by atoms with Crippen LogP contribution >= 0.6 is 0 Å². The van der Waals surface area contributed by atoms with Crippen molar-refractivity contribution in [2.45, 2.75) is 329 Å². The molecule has 0 rings (SSSR count). The van der Waals surface area contributed by atoms with Crippen LogP contribution in [0, 0.1) is 0 Å². The molecule has 0 aromatic heterocycles. The molecular weight excluding hydrogens is 793 g/mol. The van der Waals surface area contributed by atoms with Crippen LogP contribution in [0.15, 0.2) is 12.2 Å². The number of esters is 3. The van der Waals surface area contributed by atoms with Gasteiger partial charge in [-0.3, -0.25) is 14.4 Å². The maximum Gasteiger partial charge on any atom is 0.306 e. The number of allylic oxidation sites excluding steroid dienone is 2. The van der Waals surface area contributed by atoms with Crippen LogP contribution in [-0.2, 0) is 28.6 Å². The van der Waals surface area contributed by atoms with Gasteiger partial charge < -0.3 is 14.2 Å². The summed E-state index contributed by atoms with van der Waals surface area (Å²) in [7, 11) is 0. The first-order valence-electron chi connectivity index (χ1n) is 28.7. The lowest BCUT2D eigenvalue weighted by Gasteiger charge is -2.18. The zero-order valence-corrected chi connectivity index (χ0v) is 43.3. The second kappa shape index (κ2) is 53.8. The molecule has 0 aromatic carbocycles. The lowest BCUT2D eigenvalue weighted by molar-refractivity contribution is -0.167. The van der Waals surface area contributed by atoms with E-state index in [0.29, 0.717) is 19.3 Å². The summed E-state index contributed by atoms with van der Waals surface area (Å²) in [4.78, 5) is 38.0. The van der Waals surface area contributed by atoms with Gasteiger partial charge in [-0.2, -0.15) is 0 Å². The van der Waals surface area contributed by atoms with Crippen LogP contribution in [-0.4, -0.2) is 37.2 Å². The van der Waals surface area contributed by atoms with Crippen LogP contribution in [0.4, 0.5) is 0 Å². The summed E-state index contributed by atoms with van der Waals surface area (Å²) in [5.41, 5.74) is 0. The number of unbranched alkanes of at least 4 members (excludes halogenated alkanes) is 40. The molecule has 6 heteroatoms. The van der Waals surface area contributed by atoms with Crippen LogP contribution < -0.4 is 0 Å². The van der Waals surface area contributed by atoms with Gasteiger partial charge in [0, 0.05) is 19.3 Å². The van der Waals surface area contributed by atoms with E-state index in [4.69, 9.17) is 14.2 Å². The Balaban J connectivity index is 4.22. The van der Waals surface area contributed by atoms with Gasteiger partial charge in [0.1, 0.15) is 13.2 Å². The lowest BCUT2D eigenvalue weighted by Crippen LogP contribution is -2.30. The highest BCUT2D eigenvalue weighted by Gasteiger charge is 2.19. The predicted molar refractivity (Wildman–Crippen MR) is 275 cm³/mol. The lowest BCUT2D eigenvalue weighted by atomic mass is 10.0. The predicted octanol–water partition coefficient (Wildman–Crippen LogP) is 18.9. The summed E-state index contributed by atoms with van der Waals surface area (Å²) in [5.74, 6) is -0.856. The van der Waals surface area contributed by atoms with Crippen LogP contribution in [0.25, 0.3) is 0 Å². The number of rotatable bonds is 53. The smallest absolute Gasteiger partial charge is 0.306 e. The zero-order valence-electron chi connectivity index (χ0n) is 43.3. The normalized spacial score (nSPS) is 12.0. The summed E-state index contributed by atoms with van der Waals surface area (Å²) >= 11 is 0. The van der Waals surface area contributed by atoms with Crippen molar-refractivity contribution < 1.29 is 28.6 Å². The molecule has 0 fully saturated rings. The molecule has 1 unspecified atom stereocenters. The minimum Gasteiger partial charge on any atom is -0.462 e.